The molecule has 0 saturated heterocycles. The van der Waals surface area contributed by atoms with Gasteiger partial charge in [0.05, 0.1) is 18.2 Å². The van der Waals surface area contributed by atoms with E-state index in [0.29, 0.717) is 17.0 Å². The van der Waals surface area contributed by atoms with E-state index in [1.165, 1.54) is 0 Å². The van der Waals surface area contributed by atoms with Crippen molar-refractivity contribution in [2.24, 2.45) is 0 Å². The quantitative estimate of drug-likeness (QED) is 0.879. The third-order valence-corrected chi connectivity index (χ3v) is 2.75. The van der Waals surface area contributed by atoms with Crippen LogP contribution in [0.4, 0.5) is 5.69 Å². The number of ether oxygens (including phenoxy) is 1. The fourth-order valence-corrected chi connectivity index (χ4v) is 1.70. The van der Waals surface area contributed by atoms with Crippen LogP contribution in [-0.2, 0) is 11.4 Å². The molecule has 0 bridgehead atoms. The van der Waals surface area contributed by atoms with Gasteiger partial charge in [0.1, 0.15) is 5.75 Å². The zero-order valence-corrected chi connectivity index (χ0v) is 11.2. The second-order valence-electron chi connectivity index (χ2n) is 4.33. The third-order valence-electron chi connectivity index (χ3n) is 2.75. The molecule has 1 amide bonds. The lowest BCUT2D eigenvalue weighted by atomic mass is 10.2. The molecule has 106 valence electrons. The molecule has 0 aliphatic carbocycles. The van der Waals surface area contributed by atoms with E-state index in [4.69, 9.17) is 15.1 Å². The van der Waals surface area contributed by atoms with Gasteiger partial charge in [0.25, 0.3) is 5.91 Å². The highest BCUT2D eigenvalue weighted by atomic mass is 16.5. The number of nitrogens with one attached hydrogen (secondary N) is 1. The summed E-state index contributed by atoms with van der Waals surface area (Å²) in [6, 6.07) is 15.5. The van der Waals surface area contributed by atoms with E-state index in [1.807, 2.05) is 6.07 Å². The number of amides is 1. The van der Waals surface area contributed by atoms with Gasteiger partial charge in [-0.25, -0.2) is 0 Å². The maximum absolute atomic E-state index is 11.7. The molecule has 2 rings (SSSR count). The highest BCUT2D eigenvalue weighted by Gasteiger charge is 2.04. The summed E-state index contributed by atoms with van der Waals surface area (Å²) in [4.78, 5) is 11.7. The third kappa shape index (κ3) is 4.34. The molecule has 5 heteroatoms. The molecule has 2 aromatic carbocycles. The SMILES string of the molecule is N#Cc1cccc(NC(=O)COc2ccc(CO)cc2)c1. The molecule has 21 heavy (non-hydrogen) atoms. The highest BCUT2D eigenvalue weighted by Crippen LogP contribution is 2.13. The Labute approximate surface area is 122 Å². The lowest BCUT2D eigenvalue weighted by Gasteiger charge is -2.08. The van der Waals surface area contributed by atoms with Crippen LogP contribution in [0, 0.1) is 11.3 Å². The molecule has 0 aliphatic rings. The summed E-state index contributed by atoms with van der Waals surface area (Å²) in [5.74, 6) is 0.240. The second kappa shape index (κ2) is 7.08. The summed E-state index contributed by atoms with van der Waals surface area (Å²) in [7, 11) is 0. The Kier molecular flexibility index (Phi) is 4.91. The van der Waals surface area contributed by atoms with Gasteiger partial charge >= 0.3 is 0 Å². The Morgan fingerprint density at radius 2 is 2.00 bits per heavy atom. The number of carbonyl (C=O) groups excluding carboxylic acids is 1. The number of carbonyl (C=O) groups is 1. The largest absolute Gasteiger partial charge is 0.484 e. The minimum absolute atomic E-state index is 0.0317. The maximum atomic E-state index is 11.7. The summed E-state index contributed by atoms with van der Waals surface area (Å²) < 4.78 is 5.34. The normalized spacial score (nSPS) is 9.71. The van der Waals surface area contributed by atoms with Gasteiger partial charge in [-0.1, -0.05) is 18.2 Å². The number of benzene rings is 2. The molecule has 0 atom stereocenters. The van der Waals surface area contributed by atoms with E-state index in [2.05, 4.69) is 5.32 Å². The van der Waals surface area contributed by atoms with Gasteiger partial charge in [0, 0.05) is 5.69 Å². The van der Waals surface area contributed by atoms with Crippen molar-refractivity contribution in [3.63, 3.8) is 0 Å². The summed E-state index contributed by atoms with van der Waals surface area (Å²) in [5.41, 5.74) is 1.81. The van der Waals surface area contributed by atoms with Crippen LogP contribution in [0.2, 0.25) is 0 Å². The van der Waals surface area contributed by atoms with E-state index in [1.54, 1.807) is 48.5 Å². The van der Waals surface area contributed by atoms with Gasteiger partial charge in [-0.05, 0) is 35.9 Å². The number of nitrogens with zero attached hydrogens (tertiary/aromatic N) is 1. The van der Waals surface area contributed by atoms with Crippen LogP contribution in [0.1, 0.15) is 11.1 Å². The first-order valence-corrected chi connectivity index (χ1v) is 6.34. The summed E-state index contributed by atoms with van der Waals surface area (Å²) in [6.07, 6.45) is 0. The fraction of sp³-hybridized carbons (Fsp3) is 0.125. The number of aliphatic hydroxyl groups excluding tert-OH is 1. The van der Waals surface area contributed by atoms with Crippen molar-refractivity contribution >= 4 is 11.6 Å². The molecule has 0 aliphatic heterocycles. The first kappa shape index (κ1) is 14.6. The second-order valence-corrected chi connectivity index (χ2v) is 4.33. The van der Waals surface area contributed by atoms with Crippen LogP contribution in [0.3, 0.4) is 0 Å². The average Bonchev–Trinajstić information content (AvgIpc) is 2.53. The molecular formula is C16H14N2O3. The molecule has 0 heterocycles. The number of hydrogen-bond donors (Lipinski definition) is 2. The molecule has 0 fully saturated rings. The minimum Gasteiger partial charge on any atom is -0.484 e. The summed E-state index contributed by atoms with van der Waals surface area (Å²) in [5, 5.41) is 20.4. The monoisotopic (exact) mass is 282 g/mol. The molecule has 0 unspecified atom stereocenters. The van der Waals surface area contributed by atoms with Gasteiger partial charge < -0.3 is 15.2 Å². The van der Waals surface area contributed by atoms with Crippen LogP contribution >= 0.6 is 0 Å². The van der Waals surface area contributed by atoms with Crippen molar-refractivity contribution in [3.8, 4) is 11.8 Å². The maximum Gasteiger partial charge on any atom is 0.262 e. The van der Waals surface area contributed by atoms with Crippen LogP contribution < -0.4 is 10.1 Å². The molecule has 0 radical (unpaired) electrons. The predicted octanol–water partition coefficient (Wildman–Crippen LogP) is 2.07. The molecular weight excluding hydrogens is 268 g/mol. The van der Waals surface area contributed by atoms with E-state index >= 15 is 0 Å². The van der Waals surface area contributed by atoms with Crippen LogP contribution in [-0.4, -0.2) is 17.6 Å². The summed E-state index contributed by atoms with van der Waals surface area (Å²) in [6.45, 7) is -0.161. The van der Waals surface area contributed by atoms with E-state index < -0.39 is 0 Å². The topological polar surface area (TPSA) is 82.4 Å². The van der Waals surface area contributed by atoms with Gasteiger partial charge in [-0.2, -0.15) is 5.26 Å². The van der Waals surface area contributed by atoms with E-state index in [9.17, 15) is 4.79 Å². The Balaban J connectivity index is 1.88. The van der Waals surface area contributed by atoms with Gasteiger partial charge in [-0.3, -0.25) is 4.79 Å². The van der Waals surface area contributed by atoms with Crippen molar-refractivity contribution in [2.75, 3.05) is 11.9 Å². The highest BCUT2D eigenvalue weighted by molar-refractivity contribution is 5.92. The molecule has 2 N–H and O–H groups in total. The molecule has 2 aromatic rings. The average molecular weight is 282 g/mol. The van der Waals surface area contributed by atoms with E-state index in [-0.39, 0.29) is 19.1 Å². The molecule has 0 saturated carbocycles. The first-order valence-electron chi connectivity index (χ1n) is 6.34. The Hall–Kier alpha value is -2.84. The van der Waals surface area contributed by atoms with E-state index in [0.717, 1.165) is 5.56 Å². The van der Waals surface area contributed by atoms with Crippen molar-refractivity contribution in [3.05, 3.63) is 59.7 Å². The van der Waals surface area contributed by atoms with Crippen molar-refractivity contribution < 1.29 is 14.6 Å². The van der Waals surface area contributed by atoms with Crippen molar-refractivity contribution in [2.45, 2.75) is 6.61 Å². The standard InChI is InChI=1S/C16H14N2O3/c17-9-13-2-1-3-14(8-13)18-16(20)11-21-15-6-4-12(10-19)5-7-15/h1-8,19H,10-11H2,(H,18,20). The van der Waals surface area contributed by atoms with Gasteiger partial charge in [-0.15, -0.1) is 0 Å². The van der Waals surface area contributed by atoms with Crippen LogP contribution in [0.25, 0.3) is 0 Å². The smallest absolute Gasteiger partial charge is 0.262 e. The van der Waals surface area contributed by atoms with Crippen molar-refractivity contribution in [1.82, 2.24) is 0 Å². The molecule has 0 spiro atoms. The number of anilines is 1. The lowest BCUT2D eigenvalue weighted by Crippen LogP contribution is -2.20. The lowest BCUT2D eigenvalue weighted by molar-refractivity contribution is -0.118. The zero-order valence-electron chi connectivity index (χ0n) is 11.2. The molecule has 5 nitrogen and oxygen atoms in total. The van der Waals surface area contributed by atoms with Crippen molar-refractivity contribution in [1.29, 1.82) is 5.26 Å². The van der Waals surface area contributed by atoms with Gasteiger partial charge in [0.2, 0.25) is 0 Å². The number of rotatable bonds is 5. The number of aliphatic hydroxyl groups is 1. The summed E-state index contributed by atoms with van der Waals surface area (Å²) >= 11 is 0. The number of hydrogen-bond acceptors (Lipinski definition) is 4. The number of nitriles is 1. The Bertz CT molecular complexity index is 660. The minimum atomic E-state index is -0.309. The predicted molar refractivity (Wildman–Crippen MR) is 77.6 cm³/mol. The zero-order chi connectivity index (χ0) is 15.1. The fourth-order valence-electron chi connectivity index (χ4n) is 1.70. The Morgan fingerprint density at radius 1 is 1.24 bits per heavy atom. The van der Waals surface area contributed by atoms with Gasteiger partial charge in [0.15, 0.2) is 6.61 Å². The van der Waals surface area contributed by atoms with Crippen LogP contribution in [0.15, 0.2) is 48.5 Å². The Morgan fingerprint density at radius 3 is 2.67 bits per heavy atom. The van der Waals surface area contributed by atoms with Crippen LogP contribution in [0.5, 0.6) is 5.75 Å². The first-order chi connectivity index (χ1) is 10.2. The molecule has 0 aromatic heterocycles.